The van der Waals surface area contributed by atoms with Crippen molar-refractivity contribution in [1.82, 2.24) is 0 Å². The first-order valence-electron chi connectivity index (χ1n) is 5.72. The summed E-state index contributed by atoms with van der Waals surface area (Å²) in [4.78, 5) is 0. The lowest BCUT2D eigenvalue weighted by Gasteiger charge is -2.08. The number of hydrogen-bond acceptors (Lipinski definition) is 0. The second-order valence-electron chi connectivity index (χ2n) is 4.65. The zero-order valence-electron chi connectivity index (χ0n) is 9.14. The molecule has 0 bridgehead atoms. The van der Waals surface area contributed by atoms with Crippen LogP contribution in [0.2, 0.25) is 0 Å². The Labute approximate surface area is 77.7 Å². The first kappa shape index (κ1) is 10.1. The van der Waals surface area contributed by atoms with E-state index < -0.39 is 0 Å². The Balaban J connectivity index is 2.26. The highest BCUT2D eigenvalue weighted by atomic mass is 14.5. The SMILES string of the molecule is CCCC(C)C1C(C)C1CCC. The van der Waals surface area contributed by atoms with Crippen molar-refractivity contribution >= 4 is 0 Å². The second-order valence-corrected chi connectivity index (χ2v) is 4.65. The molecule has 0 aliphatic heterocycles. The van der Waals surface area contributed by atoms with E-state index in [0.29, 0.717) is 0 Å². The zero-order chi connectivity index (χ0) is 9.14. The fourth-order valence-electron chi connectivity index (χ4n) is 2.96. The normalized spacial score (nSPS) is 36.5. The van der Waals surface area contributed by atoms with E-state index in [1.165, 1.54) is 25.7 Å². The summed E-state index contributed by atoms with van der Waals surface area (Å²) in [6.45, 7) is 9.50. The molecule has 1 fully saturated rings. The Hall–Kier alpha value is 0. The van der Waals surface area contributed by atoms with Crippen LogP contribution in [0.5, 0.6) is 0 Å². The van der Waals surface area contributed by atoms with E-state index in [1.54, 1.807) is 0 Å². The smallest absolute Gasteiger partial charge is 0.0329 e. The molecule has 12 heavy (non-hydrogen) atoms. The zero-order valence-corrected chi connectivity index (χ0v) is 9.14. The van der Waals surface area contributed by atoms with Crippen LogP contribution in [0.4, 0.5) is 0 Å². The predicted molar refractivity (Wildman–Crippen MR) is 55.1 cm³/mol. The van der Waals surface area contributed by atoms with E-state index >= 15 is 0 Å². The van der Waals surface area contributed by atoms with Crippen molar-refractivity contribution in [3.8, 4) is 0 Å². The van der Waals surface area contributed by atoms with Gasteiger partial charge >= 0.3 is 0 Å². The first-order valence-corrected chi connectivity index (χ1v) is 5.72. The predicted octanol–water partition coefficient (Wildman–Crippen LogP) is 4.10. The van der Waals surface area contributed by atoms with Gasteiger partial charge in [-0.25, -0.2) is 0 Å². The highest BCUT2D eigenvalue weighted by Gasteiger charge is 2.47. The summed E-state index contributed by atoms with van der Waals surface area (Å²) >= 11 is 0. The fraction of sp³-hybridized carbons (Fsp3) is 1.00. The highest BCUT2D eigenvalue weighted by molar-refractivity contribution is 4.96. The van der Waals surface area contributed by atoms with Gasteiger partial charge in [0, 0.05) is 0 Å². The van der Waals surface area contributed by atoms with Crippen LogP contribution in [-0.2, 0) is 0 Å². The summed E-state index contributed by atoms with van der Waals surface area (Å²) in [7, 11) is 0. The molecule has 0 heterocycles. The number of hydrogen-bond donors (Lipinski definition) is 0. The lowest BCUT2D eigenvalue weighted by atomic mass is 9.97. The van der Waals surface area contributed by atoms with Crippen molar-refractivity contribution in [2.75, 3.05) is 0 Å². The van der Waals surface area contributed by atoms with Gasteiger partial charge in [0.25, 0.3) is 0 Å². The maximum Gasteiger partial charge on any atom is -0.0329 e. The molecule has 4 unspecified atom stereocenters. The van der Waals surface area contributed by atoms with E-state index in [0.717, 1.165) is 23.7 Å². The van der Waals surface area contributed by atoms with E-state index in [1.807, 2.05) is 0 Å². The minimum Gasteiger partial charge on any atom is -0.0654 e. The standard InChI is InChI=1S/C12H24/c1-5-7-9(3)12-10(4)11(12)8-6-2/h9-12H,5-8H2,1-4H3. The molecule has 0 aromatic carbocycles. The fourth-order valence-corrected chi connectivity index (χ4v) is 2.96. The quantitative estimate of drug-likeness (QED) is 0.579. The average Bonchev–Trinajstić information content (AvgIpc) is 2.63. The van der Waals surface area contributed by atoms with E-state index in [4.69, 9.17) is 0 Å². The summed E-state index contributed by atoms with van der Waals surface area (Å²) < 4.78 is 0. The van der Waals surface area contributed by atoms with Crippen LogP contribution < -0.4 is 0 Å². The molecule has 0 aromatic rings. The van der Waals surface area contributed by atoms with Gasteiger partial charge in [0.05, 0.1) is 0 Å². The van der Waals surface area contributed by atoms with Crippen molar-refractivity contribution < 1.29 is 0 Å². The van der Waals surface area contributed by atoms with Gasteiger partial charge in [0.1, 0.15) is 0 Å². The first-order chi connectivity index (χ1) is 5.72. The van der Waals surface area contributed by atoms with Crippen LogP contribution in [-0.4, -0.2) is 0 Å². The minimum absolute atomic E-state index is 0.988. The van der Waals surface area contributed by atoms with Gasteiger partial charge in [-0.05, 0) is 23.7 Å². The van der Waals surface area contributed by atoms with Gasteiger partial charge in [-0.3, -0.25) is 0 Å². The van der Waals surface area contributed by atoms with Crippen molar-refractivity contribution in [2.24, 2.45) is 23.7 Å². The average molecular weight is 168 g/mol. The maximum absolute atomic E-state index is 2.44. The summed E-state index contributed by atoms with van der Waals surface area (Å²) in [6.07, 6.45) is 5.66. The van der Waals surface area contributed by atoms with E-state index in [-0.39, 0.29) is 0 Å². The molecule has 1 aliphatic rings. The topological polar surface area (TPSA) is 0 Å². The summed E-state index contributed by atoms with van der Waals surface area (Å²) in [5, 5.41) is 0. The lowest BCUT2D eigenvalue weighted by molar-refractivity contribution is 0.422. The van der Waals surface area contributed by atoms with Crippen molar-refractivity contribution in [3.63, 3.8) is 0 Å². The molecule has 0 aromatic heterocycles. The summed E-state index contributed by atoms with van der Waals surface area (Å²) in [5.41, 5.74) is 0. The van der Waals surface area contributed by atoms with Crippen LogP contribution in [0.15, 0.2) is 0 Å². The largest absolute Gasteiger partial charge is 0.0654 e. The van der Waals surface area contributed by atoms with Crippen LogP contribution in [0.3, 0.4) is 0 Å². The summed E-state index contributed by atoms with van der Waals surface area (Å²) in [5.74, 6) is 4.18. The molecule has 1 saturated carbocycles. The van der Waals surface area contributed by atoms with Crippen molar-refractivity contribution in [3.05, 3.63) is 0 Å². The molecule has 4 atom stereocenters. The second kappa shape index (κ2) is 4.30. The van der Waals surface area contributed by atoms with Gasteiger partial charge in [-0.2, -0.15) is 0 Å². The molecule has 1 rings (SSSR count). The van der Waals surface area contributed by atoms with Crippen LogP contribution in [0.1, 0.15) is 53.4 Å². The third-order valence-corrected chi connectivity index (χ3v) is 3.66. The third kappa shape index (κ3) is 2.02. The Morgan fingerprint density at radius 1 is 1.17 bits per heavy atom. The Morgan fingerprint density at radius 3 is 2.33 bits per heavy atom. The maximum atomic E-state index is 2.44. The molecule has 0 N–H and O–H groups in total. The monoisotopic (exact) mass is 168 g/mol. The van der Waals surface area contributed by atoms with Crippen molar-refractivity contribution in [2.45, 2.75) is 53.4 Å². The summed E-state index contributed by atoms with van der Waals surface area (Å²) in [6, 6.07) is 0. The van der Waals surface area contributed by atoms with Gasteiger partial charge in [-0.1, -0.05) is 53.4 Å². The van der Waals surface area contributed by atoms with E-state index in [2.05, 4.69) is 27.7 Å². The Bertz CT molecular complexity index is 120. The minimum atomic E-state index is 0.988. The van der Waals surface area contributed by atoms with Crippen molar-refractivity contribution in [1.29, 1.82) is 0 Å². The highest BCUT2D eigenvalue weighted by Crippen LogP contribution is 2.54. The third-order valence-electron chi connectivity index (χ3n) is 3.66. The van der Waals surface area contributed by atoms with Crippen LogP contribution >= 0.6 is 0 Å². The van der Waals surface area contributed by atoms with Gasteiger partial charge < -0.3 is 0 Å². The molecule has 0 saturated heterocycles. The molecule has 0 amide bonds. The van der Waals surface area contributed by atoms with Gasteiger partial charge in [-0.15, -0.1) is 0 Å². The van der Waals surface area contributed by atoms with Crippen LogP contribution in [0, 0.1) is 23.7 Å². The molecule has 72 valence electrons. The van der Waals surface area contributed by atoms with Crippen LogP contribution in [0.25, 0.3) is 0 Å². The molecule has 0 heteroatoms. The number of rotatable bonds is 5. The molecular formula is C12H24. The molecule has 1 aliphatic carbocycles. The lowest BCUT2D eigenvalue weighted by Crippen LogP contribution is -1.99. The van der Waals surface area contributed by atoms with E-state index in [9.17, 15) is 0 Å². The molecule has 0 nitrogen and oxygen atoms in total. The molecular weight excluding hydrogens is 144 g/mol. The van der Waals surface area contributed by atoms with Gasteiger partial charge in [0.15, 0.2) is 0 Å². The Kier molecular flexibility index (Phi) is 3.61. The molecule has 0 radical (unpaired) electrons. The van der Waals surface area contributed by atoms with Gasteiger partial charge in [0.2, 0.25) is 0 Å². The Morgan fingerprint density at radius 2 is 1.83 bits per heavy atom. The molecule has 0 spiro atoms.